The van der Waals surface area contributed by atoms with E-state index in [0.29, 0.717) is 0 Å². The van der Waals surface area contributed by atoms with Gasteiger partial charge in [0.1, 0.15) is 0 Å². The number of para-hydroxylation sites is 2. The fraction of sp³-hybridized carbons (Fsp3) is 0.192. The summed E-state index contributed by atoms with van der Waals surface area (Å²) in [5.41, 5.74) is 24.2. The predicted molar refractivity (Wildman–Crippen MR) is 230 cm³/mol. The molecule has 0 unspecified atom stereocenters. The first kappa shape index (κ1) is 30.5. The molecule has 0 saturated heterocycles. The zero-order chi connectivity index (χ0) is 35.9. The fourth-order valence-corrected chi connectivity index (χ4v) is 12.7. The lowest BCUT2D eigenvalue weighted by molar-refractivity contribution is 0.550. The Hall–Kier alpha value is -5.80. The average Bonchev–Trinajstić information content (AvgIpc) is 4.05. The number of anilines is 6. The van der Waals surface area contributed by atoms with E-state index in [1.165, 1.54) is 124 Å². The van der Waals surface area contributed by atoms with Crippen LogP contribution in [0.3, 0.4) is 0 Å². The van der Waals surface area contributed by atoms with Crippen LogP contribution in [0.4, 0.5) is 34.1 Å². The molecule has 2 heterocycles. The number of hydrogen-bond donors (Lipinski definition) is 0. The van der Waals surface area contributed by atoms with E-state index in [2.05, 4.69) is 161 Å². The number of fused-ring (bicyclic) bond motifs is 16. The third-order valence-electron chi connectivity index (χ3n) is 14.7. The summed E-state index contributed by atoms with van der Waals surface area (Å²) in [6.45, 7) is 0.0892. The largest absolute Gasteiger partial charge is 0.311 e. The molecular formula is C52H41BN2. The monoisotopic (exact) mass is 704 g/mol. The number of benzene rings is 7. The second-order valence-electron chi connectivity index (χ2n) is 17.0. The van der Waals surface area contributed by atoms with Crippen molar-refractivity contribution in [2.24, 2.45) is 0 Å². The van der Waals surface area contributed by atoms with Crippen LogP contribution in [0.2, 0.25) is 0 Å². The van der Waals surface area contributed by atoms with Crippen molar-refractivity contribution in [3.8, 4) is 22.3 Å². The third kappa shape index (κ3) is 3.73. The smallest absolute Gasteiger partial charge is 0.252 e. The molecule has 2 spiro atoms. The van der Waals surface area contributed by atoms with Gasteiger partial charge in [-0.3, -0.25) is 0 Å². The summed E-state index contributed by atoms with van der Waals surface area (Å²) in [5, 5.41) is 0. The van der Waals surface area contributed by atoms with Crippen LogP contribution >= 0.6 is 0 Å². The zero-order valence-corrected chi connectivity index (χ0v) is 31.1. The molecule has 0 amide bonds. The number of nitrogens with zero attached hydrogens (tertiary/aromatic N) is 2. The Morgan fingerprint density at radius 2 is 0.800 bits per heavy atom. The summed E-state index contributed by atoms with van der Waals surface area (Å²) in [6, 6.07) is 58.6. The topological polar surface area (TPSA) is 6.48 Å². The predicted octanol–water partition coefficient (Wildman–Crippen LogP) is 11.5. The summed E-state index contributed by atoms with van der Waals surface area (Å²) < 4.78 is 0. The molecule has 2 saturated carbocycles. The van der Waals surface area contributed by atoms with Gasteiger partial charge in [-0.1, -0.05) is 141 Å². The van der Waals surface area contributed by atoms with Crippen molar-refractivity contribution in [2.75, 3.05) is 9.80 Å². The van der Waals surface area contributed by atoms with Gasteiger partial charge in [0.05, 0.1) is 0 Å². The van der Waals surface area contributed by atoms with E-state index >= 15 is 0 Å². The Morgan fingerprint density at radius 1 is 0.382 bits per heavy atom. The van der Waals surface area contributed by atoms with Gasteiger partial charge in [0.25, 0.3) is 6.71 Å². The zero-order valence-electron chi connectivity index (χ0n) is 31.1. The molecule has 2 fully saturated rings. The third-order valence-corrected chi connectivity index (χ3v) is 14.7. The highest BCUT2D eigenvalue weighted by atomic mass is 15.2. The standard InChI is InChI=1S/C52H41BN2/c1-3-16-34(17-4-1)54-44-24-15-25-45-48(44)53(42-28-26-40-46(49(42)54)36-20-7-9-22-38(36)51(40)30-11-12-31-51)43-29-27-41-47(50(43)55(45)35-18-5-2-6-19-35)37-21-8-10-23-39(37)52(41)32-13-14-33-52/h1-10,15-29H,11-14,30-33H2. The first-order valence-electron chi connectivity index (χ1n) is 20.7. The van der Waals surface area contributed by atoms with Gasteiger partial charge in [-0.2, -0.15) is 0 Å². The van der Waals surface area contributed by atoms with Crippen molar-refractivity contribution >= 4 is 57.2 Å². The normalized spacial score (nSPS) is 18.1. The Bertz CT molecular complexity index is 2550. The second kappa shape index (κ2) is 10.9. The van der Waals surface area contributed by atoms with Crippen LogP contribution in [0.25, 0.3) is 22.3 Å². The quantitative estimate of drug-likeness (QED) is 0.165. The Morgan fingerprint density at radius 3 is 1.25 bits per heavy atom. The molecule has 2 aliphatic heterocycles. The molecule has 4 aliphatic carbocycles. The van der Waals surface area contributed by atoms with Crippen molar-refractivity contribution in [3.05, 3.63) is 174 Å². The Balaban J connectivity index is 1.17. The van der Waals surface area contributed by atoms with Crippen molar-refractivity contribution in [1.82, 2.24) is 0 Å². The summed E-state index contributed by atoms with van der Waals surface area (Å²) in [4.78, 5) is 5.28. The summed E-state index contributed by atoms with van der Waals surface area (Å²) in [7, 11) is 0. The highest BCUT2D eigenvalue weighted by molar-refractivity contribution is 7.00. The van der Waals surface area contributed by atoms with Crippen molar-refractivity contribution in [1.29, 1.82) is 0 Å². The lowest BCUT2D eigenvalue weighted by Crippen LogP contribution is -2.61. The van der Waals surface area contributed by atoms with Gasteiger partial charge in [-0.25, -0.2) is 0 Å². The van der Waals surface area contributed by atoms with E-state index in [0.717, 1.165) is 0 Å². The second-order valence-corrected chi connectivity index (χ2v) is 17.0. The minimum Gasteiger partial charge on any atom is -0.311 e. The van der Waals surface area contributed by atoms with Gasteiger partial charge in [0, 0.05) is 56.1 Å². The van der Waals surface area contributed by atoms with Crippen LogP contribution in [0.15, 0.2) is 152 Å². The maximum Gasteiger partial charge on any atom is 0.252 e. The first-order valence-corrected chi connectivity index (χ1v) is 20.7. The van der Waals surface area contributed by atoms with E-state index in [1.807, 2.05) is 0 Å². The summed E-state index contributed by atoms with van der Waals surface area (Å²) in [5.74, 6) is 0. The van der Waals surface area contributed by atoms with E-state index in [1.54, 1.807) is 22.3 Å². The average molecular weight is 705 g/mol. The van der Waals surface area contributed by atoms with Crippen LogP contribution in [0, 0.1) is 0 Å². The van der Waals surface area contributed by atoms with Gasteiger partial charge < -0.3 is 9.80 Å². The van der Waals surface area contributed by atoms with Gasteiger partial charge in [0.15, 0.2) is 0 Å². The number of hydrogen-bond acceptors (Lipinski definition) is 2. The molecule has 0 N–H and O–H groups in total. The van der Waals surface area contributed by atoms with Gasteiger partial charge in [-0.15, -0.1) is 0 Å². The molecule has 3 heteroatoms. The molecule has 0 atom stereocenters. The van der Waals surface area contributed by atoms with Crippen LogP contribution in [-0.2, 0) is 10.8 Å². The summed E-state index contributed by atoms with van der Waals surface area (Å²) in [6.07, 6.45) is 10.1. The molecule has 6 aliphatic rings. The first-order chi connectivity index (χ1) is 27.3. The van der Waals surface area contributed by atoms with Crippen molar-refractivity contribution in [2.45, 2.75) is 62.2 Å². The van der Waals surface area contributed by atoms with Crippen LogP contribution in [-0.4, -0.2) is 6.71 Å². The molecule has 55 heavy (non-hydrogen) atoms. The van der Waals surface area contributed by atoms with Gasteiger partial charge in [-0.05, 0) is 112 Å². The van der Waals surface area contributed by atoms with Crippen molar-refractivity contribution in [3.63, 3.8) is 0 Å². The molecule has 13 rings (SSSR count). The fourth-order valence-electron chi connectivity index (χ4n) is 12.7. The maximum absolute atomic E-state index is 2.64. The molecule has 7 aromatic rings. The highest BCUT2D eigenvalue weighted by Gasteiger charge is 2.52. The molecule has 2 nitrogen and oxygen atoms in total. The molecule has 7 aromatic carbocycles. The van der Waals surface area contributed by atoms with E-state index in [-0.39, 0.29) is 17.5 Å². The molecule has 262 valence electrons. The summed E-state index contributed by atoms with van der Waals surface area (Å²) >= 11 is 0. The minimum absolute atomic E-state index is 0.0892. The molecule has 0 radical (unpaired) electrons. The lowest BCUT2D eigenvalue weighted by Gasteiger charge is -2.45. The Labute approximate surface area is 324 Å². The van der Waals surface area contributed by atoms with Gasteiger partial charge in [0.2, 0.25) is 0 Å². The van der Waals surface area contributed by atoms with Crippen LogP contribution in [0.1, 0.15) is 73.6 Å². The van der Waals surface area contributed by atoms with Crippen LogP contribution in [0.5, 0.6) is 0 Å². The Kier molecular flexibility index (Phi) is 6.06. The molecule has 0 bridgehead atoms. The SMILES string of the molecule is c1ccc(N2c3cccc4c3B(c3ccc5c(c32)-c2ccccc2C52CCCC2)c2ccc3c(c2N4c2ccccc2)-c2ccccc2C32CCCC2)cc1. The van der Waals surface area contributed by atoms with Crippen molar-refractivity contribution < 1.29 is 0 Å². The van der Waals surface area contributed by atoms with E-state index in [4.69, 9.17) is 0 Å². The van der Waals surface area contributed by atoms with Gasteiger partial charge >= 0.3 is 0 Å². The van der Waals surface area contributed by atoms with E-state index in [9.17, 15) is 0 Å². The van der Waals surface area contributed by atoms with Crippen LogP contribution < -0.4 is 26.2 Å². The lowest BCUT2D eigenvalue weighted by atomic mass is 9.33. The molecular weight excluding hydrogens is 663 g/mol. The maximum atomic E-state index is 2.64. The molecule has 0 aromatic heterocycles. The number of rotatable bonds is 2. The minimum atomic E-state index is 0.0892. The highest BCUT2D eigenvalue weighted by Crippen LogP contribution is 2.62. The van der Waals surface area contributed by atoms with E-state index < -0.39 is 0 Å².